The highest BCUT2D eigenvalue weighted by atomic mass is 16.2. The summed E-state index contributed by atoms with van der Waals surface area (Å²) in [5.41, 5.74) is 5.79. The van der Waals surface area contributed by atoms with E-state index in [4.69, 9.17) is 5.73 Å². The Morgan fingerprint density at radius 2 is 2.00 bits per heavy atom. The fourth-order valence-corrected chi connectivity index (χ4v) is 2.36. The van der Waals surface area contributed by atoms with Crippen molar-refractivity contribution in [3.63, 3.8) is 0 Å². The Morgan fingerprint density at radius 3 is 2.53 bits per heavy atom. The zero-order valence-corrected chi connectivity index (χ0v) is 11.2. The van der Waals surface area contributed by atoms with E-state index < -0.39 is 6.04 Å². The molecule has 17 heavy (non-hydrogen) atoms. The Labute approximate surface area is 104 Å². The van der Waals surface area contributed by atoms with Crippen LogP contribution in [0, 0.1) is 5.41 Å². The fraction of sp³-hybridized carbons (Fsp3) is 0.923. The minimum atomic E-state index is -0.419. The van der Waals surface area contributed by atoms with Gasteiger partial charge < -0.3 is 11.1 Å². The Bertz CT molecular complexity index is 294. The van der Waals surface area contributed by atoms with Crippen molar-refractivity contribution in [2.45, 2.75) is 58.2 Å². The second-order valence-electron chi connectivity index (χ2n) is 6.56. The van der Waals surface area contributed by atoms with Gasteiger partial charge in [-0.1, -0.05) is 20.8 Å². The van der Waals surface area contributed by atoms with Gasteiger partial charge in [0.05, 0.1) is 6.04 Å². The molecule has 0 spiro atoms. The second kappa shape index (κ2) is 4.58. The van der Waals surface area contributed by atoms with E-state index in [0.29, 0.717) is 6.04 Å². The van der Waals surface area contributed by atoms with Gasteiger partial charge in [0.15, 0.2) is 0 Å². The molecular weight excluding hydrogens is 214 g/mol. The normalized spacial score (nSPS) is 28.1. The lowest BCUT2D eigenvalue weighted by molar-refractivity contribution is -0.125. The molecule has 0 aromatic heterocycles. The summed E-state index contributed by atoms with van der Waals surface area (Å²) in [6, 6.07) is 0.683. The first-order valence-corrected chi connectivity index (χ1v) is 6.68. The topological polar surface area (TPSA) is 58.4 Å². The maximum atomic E-state index is 12.0. The van der Waals surface area contributed by atoms with E-state index in [2.05, 4.69) is 10.2 Å². The molecule has 0 aromatic rings. The predicted molar refractivity (Wildman–Crippen MR) is 68.6 cm³/mol. The summed E-state index contributed by atoms with van der Waals surface area (Å²) < 4.78 is 0. The molecule has 98 valence electrons. The van der Waals surface area contributed by atoms with E-state index in [-0.39, 0.29) is 11.3 Å². The molecule has 1 aliphatic carbocycles. The number of likely N-dealkylation sites (tertiary alicyclic amines) is 1. The van der Waals surface area contributed by atoms with Crippen LogP contribution >= 0.6 is 0 Å². The van der Waals surface area contributed by atoms with E-state index in [0.717, 1.165) is 25.6 Å². The third kappa shape index (κ3) is 3.19. The number of nitrogens with one attached hydrogen (secondary N) is 1. The lowest BCUT2D eigenvalue weighted by Crippen LogP contribution is -2.51. The van der Waals surface area contributed by atoms with Gasteiger partial charge in [-0.25, -0.2) is 0 Å². The second-order valence-corrected chi connectivity index (χ2v) is 6.56. The SMILES string of the molecule is CC(C)(C)C(N)C(=O)NC1CCN(C2CC2)C1. The van der Waals surface area contributed by atoms with Crippen molar-refractivity contribution in [1.29, 1.82) is 0 Å². The predicted octanol–water partition coefficient (Wildman–Crippen LogP) is 0.713. The van der Waals surface area contributed by atoms with Crippen LogP contribution < -0.4 is 11.1 Å². The third-order valence-electron chi connectivity index (χ3n) is 3.84. The number of carbonyl (C=O) groups excluding carboxylic acids is 1. The zero-order chi connectivity index (χ0) is 12.6. The minimum absolute atomic E-state index is 0.000136. The standard InChI is InChI=1S/C13H25N3O/c1-13(2,3)11(14)12(17)15-9-6-7-16(8-9)10-4-5-10/h9-11H,4-8,14H2,1-3H3,(H,15,17). The van der Waals surface area contributed by atoms with E-state index in [1.54, 1.807) is 0 Å². The van der Waals surface area contributed by atoms with Crippen LogP contribution in [-0.4, -0.2) is 42.0 Å². The maximum Gasteiger partial charge on any atom is 0.237 e. The first-order chi connectivity index (χ1) is 7.88. The molecule has 2 unspecified atom stereocenters. The van der Waals surface area contributed by atoms with Gasteiger partial charge in [-0.2, -0.15) is 0 Å². The minimum Gasteiger partial charge on any atom is -0.351 e. The van der Waals surface area contributed by atoms with Crippen molar-refractivity contribution >= 4 is 5.91 Å². The molecule has 1 aliphatic heterocycles. The molecule has 2 atom stereocenters. The Kier molecular flexibility index (Phi) is 3.46. The third-order valence-corrected chi connectivity index (χ3v) is 3.84. The highest BCUT2D eigenvalue weighted by molar-refractivity contribution is 5.82. The van der Waals surface area contributed by atoms with Gasteiger partial charge in [-0.3, -0.25) is 9.69 Å². The molecule has 4 heteroatoms. The molecule has 2 rings (SSSR count). The molecule has 4 nitrogen and oxygen atoms in total. The van der Waals surface area contributed by atoms with E-state index in [1.165, 1.54) is 12.8 Å². The van der Waals surface area contributed by atoms with Gasteiger partial charge in [0, 0.05) is 25.2 Å². The van der Waals surface area contributed by atoms with Crippen LogP contribution in [0.1, 0.15) is 40.0 Å². The van der Waals surface area contributed by atoms with Crippen molar-refractivity contribution in [2.75, 3.05) is 13.1 Å². The van der Waals surface area contributed by atoms with Crippen LogP contribution in [0.2, 0.25) is 0 Å². The van der Waals surface area contributed by atoms with Gasteiger partial charge in [0.25, 0.3) is 0 Å². The van der Waals surface area contributed by atoms with E-state index in [9.17, 15) is 4.79 Å². The fourth-order valence-electron chi connectivity index (χ4n) is 2.36. The highest BCUT2D eigenvalue weighted by Gasteiger charge is 2.36. The number of carbonyl (C=O) groups is 1. The summed E-state index contributed by atoms with van der Waals surface area (Å²) in [6.07, 6.45) is 3.74. The molecule has 2 aliphatic rings. The Morgan fingerprint density at radius 1 is 1.35 bits per heavy atom. The molecule has 0 radical (unpaired) electrons. The summed E-state index contributed by atoms with van der Waals surface area (Å²) in [7, 11) is 0. The monoisotopic (exact) mass is 239 g/mol. The number of hydrogen-bond acceptors (Lipinski definition) is 3. The number of hydrogen-bond donors (Lipinski definition) is 2. The van der Waals surface area contributed by atoms with Crippen molar-refractivity contribution < 1.29 is 4.79 Å². The van der Waals surface area contributed by atoms with E-state index in [1.807, 2.05) is 20.8 Å². The van der Waals surface area contributed by atoms with E-state index >= 15 is 0 Å². The number of amides is 1. The average Bonchev–Trinajstić information content (AvgIpc) is 2.98. The largest absolute Gasteiger partial charge is 0.351 e. The molecule has 1 saturated carbocycles. The molecule has 3 N–H and O–H groups in total. The molecule has 1 amide bonds. The number of rotatable bonds is 3. The van der Waals surface area contributed by atoms with Crippen molar-refractivity contribution in [3.8, 4) is 0 Å². The quantitative estimate of drug-likeness (QED) is 0.762. The van der Waals surface area contributed by atoms with Gasteiger partial charge in [-0.15, -0.1) is 0 Å². The number of nitrogens with zero attached hydrogens (tertiary/aromatic N) is 1. The van der Waals surface area contributed by atoms with Crippen LogP contribution in [-0.2, 0) is 4.79 Å². The highest BCUT2D eigenvalue weighted by Crippen LogP contribution is 2.29. The summed E-state index contributed by atoms with van der Waals surface area (Å²) >= 11 is 0. The van der Waals surface area contributed by atoms with Crippen molar-refractivity contribution in [2.24, 2.45) is 11.1 Å². The smallest absolute Gasteiger partial charge is 0.237 e. The molecule has 0 aromatic carbocycles. The first-order valence-electron chi connectivity index (χ1n) is 6.68. The van der Waals surface area contributed by atoms with Crippen LogP contribution in [0.15, 0.2) is 0 Å². The summed E-state index contributed by atoms with van der Waals surface area (Å²) in [6.45, 7) is 8.14. The lowest BCUT2D eigenvalue weighted by atomic mass is 9.87. The molecule has 1 heterocycles. The van der Waals surface area contributed by atoms with Gasteiger partial charge in [0.2, 0.25) is 5.91 Å². The van der Waals surface area contributed by atoms with Crippen LogP contribution in [0.3, 0.4) is 0 Å². The summed E-state index contributed by atoms with van der Waals surface area (Å²) in [4.78, 5) is 14.5. The number of nitrogens with two attached hydrogens (primary N) is 1. The van der Waals surface area contributed by atoms with Gasteiger partial charge >= 0.3 is 0 Å². The van der Waals surface area contributed by atoms with Crippen molar-refractivity contribution in [1.82, 2.24) is 10.2 Å². The van der Waals surface area contributed by atoms with Gasteiger partial charge in [0.1, 0.15) is 0 Å². The van der Waals surface area contributed by atoms with Gasteiger partial charge in [-0.05, 0) is 24.7 Å². The first kappa shape index (κ1) is 12.8. The maximum absolute atomic E-state index is 12.0. The molecule has 2 fully saturated rings. The zero-order valence-electron chi connectivity index (χ0n) is 11.2. The van der Waals surface area contributed by atoms with Crippen LogP contribution in [0.4, 0.5) is 0 Å². The summed E-state index contributed by atoms with van der Waals surface area (Å²) in [5, 5.41) is 3.09. The molecule has 1 saturated heterocycles. The average molecular weight is 239 g/mol. The van der Waals surface area contributed by atoms with Crippen LogP contribution in [0.5, 0.6) is 0 Å². The molecule has 0 bridgehead atoms. The lowest BCUT2D eigenvalue weighted by Gasteiger charge is -2.27. The van der Waals surface area contributed by atoms with Crippen molar-refractivity contribution in [3.05, 3.63) is 0 Å². The molecular formula is C13H25N3O. The Balaban J connectivity index is 1.79. The Hall–Kier alpha value is -0.610. The summed E-state index contributed by atoms with van der Waals surface area (Å²) in [5.74, 6) is 0.000136. The van der Waals surface area contributed by atoms with Crippen LogP contribution in [0.25, 0.3) is 0 Å².